The number of ether oxygens (including phenoxy) is 1. The molecule has 2 nitrogen and oxygen atoms in total. The predicted molar refractivity (Wildman–Crippen MR) is 71.7 cm³/mol. The summed E-state index contributed by atoms with van der Waals surface area (Å²) in [6.07, 6.45) is 0.135. The van der Waals surface area contributed by atoms with Crippen LogP contribution in [0.5, 0.6) is 0 Å². The predicted octanol–water partition coefficient (Wildman–Crippen LogP) is 3.64. The molecular formula is C15H17NO. The van der Waals surface area contributed by atoms with E-state index in [1.165, 1.54) is 16.7 Å². The first-order chi connectivity index (χ1) is 8.20. The Labute approximate surface area is 102 Å². The Kier molecular flexibility index (Phi) is 3.45. The second kappa shape index (κ2) is 5.02. The number of benzene rings is 2. The van der Waals surface area contributed by atoms with Crippen LogP contribution < -0.4 is 5.73 Å². The summed E-state index contributed by atoms with van der Waals surface area (Å²) in [5, 5.41) is 0. The lowest BCUT2D eigenvalue weighted by Gasteiger charge is -2.10. The molecule has 0 aliphatic rings. The van der Waals surface area contributed by atoms with E-state index < -0.39 is 0 Å². The summed E-state index contributed by atoms with van der Waals surface area (Å²) in [5.41, 5.74) is 10.0. The zero-order valence-corrected chi connectivity index (χ0v) is 10.2. The van der Waals surface area contributed by atoms with E-state index in [2.05, 4.69) is 24.3 Å². The number of rotatable bonds is 3. The van der Waals surface area contributed by atoms with E-state index in [1.54, 1.807) is 7.11 Å². The van der Waals surface area contributed by atoms with Gasteiger partial charge in [-0.25, -0.2) is 0 Å². The average Bonchev–Trinajstić information content (AvgIpc) is 2.39. The molecule has 1 atom stereocenters. The van der Waals surface area contributed by atoms with Gasteiger partial charge < -0.3 is 10.5 Å². The van der Waals surface area contributed by atoms with Gasteiger partial charge in [0.25, 0.3) is 0 Å². The van der Waals surface area contributed by atoms with Gasteiger partial charge in [-0.1, -0.05) is 36.4 Å². The van der Waals surface area contributed by atoms with Crippen LogP contribution in [-0.2, 0) is 4.74 Å². The van der Waals surface area contributed by atoms with Crippen molar-refractivity contribution in [3.8, 4) is 11.1 Å². The van der Waals surface area contributed by atoms with Crippen molar-refractivity contribution in [2.75, 3.05) is 12.8 Å². The van der Waals surface area contributed by atoms with Crippen molar-refractivity contribution in [2.45, 2.75) is 13.0 Å². The van der Waals surface area contributed by atoms with E-state index in [9.17, 15) is 0 Å². The summed E-state index contributed by atoms with van der Waals surface area (Å²) in [6, 6.07) is 16.3. The topological polar surface area (TPSA) is 35.2 Å². The molecule has 2 aromatic rings. The lowest BCUT2D eigenvalue weighted by Crippen LogP contribution is -1.94. The molecule has 0 aliphatic heterocycles. The van der Waals surface area contributed by atoms with Gasteiger partial charge in [0.15, 0.2) is 0 Å². The maximum atomic E-state index is 5.67. The molecule has 0 radical (unpaired) electrons. The number of nitrogen functional groups attached to an aromatic ring is 1. The summed E-state index contributed by atoms with van der Waals surface area (Å²) in [4.78, 5) is 0. The molecule has 2 heteroatoms. The number of methoxy groups -OCH3 is 1. The zero-order chi connectivity index (χ0) is 12.3. The Morgan fingerprint density at radius 1 is 0.882 bits per heavy atom. The summed E-state index contributed by atoms with van der Waals surface area (Å²) in [5.74, 6) is 0. The first kappa shape index (κ1) is 11.7. The van der Waals surface area contributed by atoms with Gasteiger partial charge >= 0.3 is 0 Å². The van der Waals surface area contributed by atoms with E-state index in [4.69, 9.17) is 10.5 Å². The molecule has 2 aromatic carbocycles. The number of hydrogen-bond acceptors (Lipinski definition) is 2. The van der Waals surface area contributed by atoms with Gasteiger partial charge in [0.05, 0.1) is 6.10 Å². The molecule has 0 heterocycles. The summed E-state index contributed by atoms with van der Waals surface area (Å²) < 4.78 is 5.28. The Morgan fingerprint density at radius 2 is 1.35 bits per heavy atom. The molecule has 2 N–H and O–H groups in total. The minimum Gasteiger partial charge on any atom is -0.399 e. The van der Waals surface area contributed by atoms with Crippen LogP contribution in [0.2, 0.25) is 0 Å². The highest BCUT2D eigenvalue weighted by atomic mass is 16.5. The first-order valence-corrected chi connectivity index (χ1v) is 5.69. The normalized spacial score (nSPS) is 12.4. The SMILES string of the molecule is COC(C)c1ccc(-c2ccc(N)cc2)cc1. The van der Waals surface area contributed by atoms with E-state index in [0.717, 1.165) is 5.69 Å². The summed E-state index contributed by atoms with van der Waals surface area (Å²) in [7, 11) is 1.72. The summed E-state index contributed by atoms with van der Waals surface area (Å²) in [6.45, 7) is 2.04. The Hall–Kier alpha value is -1.80. The second-order valence-electron chi connectivity index (χ2n) is 4.12. The van der Waals surface area contributed by atoms with Crippen LogP contribution in [0.4, 0.5) is 5.69 Å². The van der Waals surface area contributed by atoms with Gasteiger partial charge in [-0.15, -0.1) is 0 Å². The molecule has 17 heavy (non-hydrogen) atoms. The highest BCUT2D eigenvalue weighted by Crippen LogP contribution is 2.23. The lowest BCUT2D eigenvalue weighted by molar-refractivity contribution is 0.119. The third kappa shape index (κ3) is 2.66. The van der Waals surface area contributed by atoms with Crippen molar-refractivity contribution in [1.29, 1.82) is 0 Å². The van der Waals surface area contributed by atoms with Crippen molar-refractivity contribution in [3.05, 3.63) is 54.1 Å². The smallest absolute Gasteiger partial charge is 0.0793 e. The van der Waals surface area contributed by atoms with Crippen LogP contribution >= 0.6 is 0 Å². The van der Waals surface area contributed by atoms with E-state index in [-0.39, 0.29) is 6.10 Å². The molecule has 0 fully saturated rings. The molecular weight excluding hydrogens is 210 g/mol. The Morgan fingerprint density at radius 3 is 1.82 bits per heavy atom. The quantitative estimate of drug-likeness (QED) is 0.812. The monoisotopic (exact) mass is 227 g/mol. The summed E-state index contributed by atoms with van der Waals surface area (Å²) >= 11 is 0. The molecule has 0 aromatic heterocycles. The number of hydrogen-bond donors (Lipinski definition) is 1. The first-order valence-electron chi connectivity index (χ1n) is 5.69. The van der Waals surface area contributed by atoms with Crippen LogP contribution in [0, 0.1) is 0 Å². The average molecular weight is 227 g/mol. The van der Waals surface area contributed by atoms with Crippen LogP contribution in [0.3, 0.4) is 0 Å². The Bertz CT molecular complexity index is 473. The van der Waals surface area contributed by atoms with E-state index in [1.807, 2.05) is 31.2 Å². The van der Waals surface area contributed by atoms with Gasteiger partial charge in [0.2, 0.25) is 0 Å². The van der Waals surface area contributed by atoms with Crippen molar-refractivity contribution in [3.63, 3.8) is 0 Å². The molecule has 2 rings (SSSR count). The number of anilines is 1. The molecule has 0 saturated heterocycles. The fourth-order valence-electron chi connectivity index (χ4n) is 1.76. The van der Waals surface area contributed by atoms with Gasteiger partial charge in [-0.05, 0) is 35.7 Å². The van der Waals surface area contributed by atoms with Crippen LogP contribution in [0.25, 0.3) is 11.1 Å². The largest absolute Gasteiger partial charge is 0.399 e. The van der Waals surface area contributed by atoms with Crippen LogP contribution in [0.1, 0.15) is 18.6 Å². The van der Waals surface area contributed by atoms with Crippen molar-refractivity contribution < 1.29 is 4.74 Å². The molecule has 0 amide bonds. The molecule has 0 saturated carbocycles. The molecule has 0 spiro atoms. The molecule has 1 unspecified atom stereocenters. The lowest BCUT2D eigenvalue weighted by atomic mass is 10.0. The van der Waals surface area contributed by atoms with Crippen molar-refractivity contribution in [1.82, 2.24) is 0 Å². The van der Waals surface area contributed by atoms with Gasteiger partial charge in [-0.2, -0.15) is 0 Å². The number of nitrogens with two attached hydrogens (primary N) is 1. The third-order valence-corrected chi connectivity index (χ3v) is 2.98. The second-order valence-corrected chi connectivity index (χ2v) is 4.12. The van der Waals surface area contributed by atoms with Gasteiger partial charge in [0.1, 0.15) is 0 Å². The van der Waals surface area contributed by atoms with Crippen LogP contribution in [0.15, 0.2) is 48.5 Å². The molecule has 0 bridgehead atoms. The van der Waals surface area contributed by atoms with E-state index in [0.29, 0.717) is 0 Å². The highest BCUT2D eigenvalue weighted by Gasteiger charge is 2.03. The fraction of sp³-hybridized carbons (Fsp3) is 0.200. The standard InChI is InChI=1S/C15H17NO/c1-11(17-2)12-3-5-13(6-4-12)14-7-9-15(16)10-8-14/h3-11H,16H2,1-2H3. The fourth-order valence-corrected chi connectivity index (χ4v) is 1.76. The van der Waals surface area contributed by atoms with E-state index >= 15 is 0 Å². The zero-order valence-electron chi connectivity index (χ0n) is 10.2. The molecule has 88 valence electrons. The maximum absolute atomic E-state index is 5.67. The Balaban J connectivity index is 2.26. The minimum absolute atomic E-state index is 0.135. The van der Waals surface area contributed by atoms with Gasteiger partial charge in [-0.3, -0.25) is 0 Å². The third-order valence-electron chi connectivity index (χ3n) is 2.98. The molecule has 0 aliphatic carbocycles. The van der Waals surface area contributed by atoms with Crippen molar-refractivity contribution >= 4 is 5.69 Å². The van der Waals surface area contributed by atoms with Crippen molar-refractivity contribution in [2.24, 2.45) is 0 Å². The minimum atomic E-state index is 0.135. The highest BCUT2D eigenvalue weighted by molar-refractivity contribution is 5.65. The van der Waals surface area contributed by atoms with Gasteiger partial charge in [0, 0.05) is 12.8 Å². The maximum Gasteiger partial charge on any atom is 0.0793 e. The van der Waals surface area contributed by atoms with Crippen LogP contribution in [-0.4, -0.2) is 7.11 Å².